The molecule has 0 spiro atoms. The molecule has 0 aliphatic heterocycles. The van der Waals surface area contributed by atoms with Gasteiger partial charge in [0.1, 0.15) is 6.61 Å². The average Bonchev–Trinajstić information content (AvgIpc) is 3.13. The molecule has 2 atom stereocenters. The lowest BCUT2D eigenvalue weighted by Crippen LogP contribution is -2.29. The van der Waals surface area contributed by atoms with Crippen LogP contribution in [0.4, 0.5) is 0 Å². The van der Waals surface area contributed by atoms with Crippen LogP contribution < -0.4 is 5.73 Å². The van der Waals surface area contributed by atoms with Crippen LogP contribution in [-0.4, -0.2) is 49.3 Å². The van der Waals surface area contributed by atoms with E-state index in [4.69, 9.17) is 24.3 Å². The second-order valence-electron chi connectivity index (χ2n) is 14.2. The number of nitrogens with two attached hydrogens (primary N) is 1. The zero-order valence-corrected chi connectivity index (χ0v) is 34.4. The SMILES string of the molecule is CCCCCC/C=C\CCCCCCCC(=O)OCC(COP(=O)(O)OCCN)OC(=O)CCCCCCCCC/C=C\CCCCCCCCC. The van der Waals surface area contributed by atoms with Crippen LogP contribution >= 0.6 is 7.82 Å². The van der Waals surface area contributed by atoms with Gasteiger partial charge in [-0.15, -0.1) is 0 Å². The predicted molar refractivity (Wildman–Crippen MR) is 215 cm³/mol. The molecule has 10 heteroatoms. The summed E-state index contributed by atoms with van der Waals surface area (Å²) in [5.41, 5.74) is 5.34. The van der Waals surface area contributed by atoms with Crippen molar-refractivity contribution in [2.45, 2.75) is 206 Å². The van der Waals surface area contributed by atoms with Crippen LogP contribution in [0.2, 0.25) is 0 Å². The van der Waals surface area contributed by atoms with E-state index in [9.17, 15) is 19.0 Å². The molecule has 0 saturated heterocycles. The van der Waals surface area contributed by atoms with E-state index < -0.39 is 32.5 Å². The highest BCUT2D eigenvalue weighted by Crippen LogP contribution is 2.43. The first-order valence-corrected chi connectivity index (χ1v) is 22.8. The van der Waals surface area contributed by atoms with Crippen LogP contribution in [0.3, 0.4) is 0 Å². The van der Waals surface area contributed by atoms with Gasteiger partial charge < -0.3 is 20.1 Å². The second kappa shape index (κ2) is 39.2. The van der Waals surface area contributed by atoms with Gasteiger partial charge in [-0.1, -0.05) is 147 Å². The minimum atomic E-state index is -4.37. The van der Waals surface area contributed by atoms with E-state index in [-0.39, 0.29) is 32.6 Å². The summed E-state index contributed by atoms with van der Waals surface area (Å²) in [5, 5.41) is 0. The number of unbranched alkanes of at least 4 members (excludes halogenated alkanes) is 23. The molecule has 0 aromatic rings. The van der Waals surface area contributed by atoms with Gasteiger partial charge in [0, 0.05) is 19.4 Å². The van der Waals surface area contributed by atoms with E-state index in [1.165, 1.54) is 103 Å². The number of phosphoric ester groups is 1. The molecule has 0 radical (unpaired) electrons. The van der Waals surface area contributed by atoms with Crippen LogP contribution in [0.15, 0.2) is 24.3 Å². The van der Waals surface area contributed by atoms with Gasteiger partial charge >= 0.3 is 19.8 Å². The van der Waals surface area contributed by atoms with Gasteiger partial charge in [0.2, 0.25) is 0 Å². The quantitative estimate of drug-likeness (QED) is 0.0271. The number of ether oxygens (including phenoxy) is 2. The Balaban J connectivity index is 4.16. The van der Waals surface area contributed by atoms with Gasteiger partial charge in [-0.3, -0.25) is 18.6 Å². The summed E-state index contributed by atoms with van der Waals surface area (Å²) < 4.78 is 32.7. The van der Waals surface area contributed by atoms with E-state index in [0.29, 0.717) is 6.42 Å². The first kappa shape index (κ1) is 50.5. The Morgan fingerprint density at radius 2 is 0.942 bits per heavy atom. The summed E-state index contributed by atoms with van der Waals surface area (Å²) in [4.78, 5) is 34.8. The third kappa shape index (κ3) is 38.2. The third-order valence-corrected chi connectivity index (χ3v) is 10.0. The largest absolute Gasteiger partial charge is 0.472 e. The first-order valence-electron chi connectivity index (χ1n) is 21.3. The van der Waals surface area contributed by atoms with Crippen molar-refractivity contribution in [1.29, 1.82) is 0 Å². The molecule has 3 N–H and O–H groups in total. The summed E-state index contributed by atoms with van der Waals surface area (Å²) in [6, 6.07) is 0. The number of carbonyl (C=O) groups excluding carboxylic acids is 2. The number of hydrogen-bond acceptors (Lipinski definition) is 8. The Morgan fingerprint density at radius 3 is 1.38 bits per heavy atom. The summed E-state index contributed by atoms with van der Waals surface area (Å²) in [6.45, 7) is 3.71. The fourth-order valence-corrected chi connectivity index (χ4v) is 6.62. The van der Waals surface area contributed by atoms with Crippen molar-refractivity contribution in [3.8, 4) is 0 Å². The Bertz CT molecular complexity index is 912. The summed E-state index contributed by atoms with van der Waals surface area (Å²) >= 11 is 0. The molecule has 0 amide bonds. The molecule has 0 aromatic carbocycles. The van der Waals surface area contributed by atoms with Gasteiger partial charge in [0.05, 0.1) is 13.2 Å². The molecule has 0 saturated carbocycles. The molecule has 0 aliphatic carbocycles. The fourth-order valence-electron chi connectivity index (χ4n) is 5.86. The monoisotopic (exact) mass is 758 g/mol. The van der Waals surface area contributed by atoms with Gasteiger partial charge in [0.25, 0.3) is 0 Å². The second-order valence-corrected chi connectivity index (χ2v) is 15.7. The van der Waals surface area contributed by atoms with Gasteiger partial charge in [-0.25, -0.2) is 4.57 Å². The molecule has 306 valence electrons. The zero-order chi connectivity index (χ0) is 38.2. The van der Waals surface area contributed by atoms with E-state index in [2.05, 4.69) is 38.2 Å². The zero-order valence-electron chi connectivity index (χ0n) is 33.6. The Labute approximate surface area is 319 Å². The smallest absolute Gasteiger partial charge is 0.462 e. The molecule has 0 aromatic heterocycles. The number of rotatable bonds is 40. The Hall–Kier alpha value is -1.51. The highest BCUT2D eigenvalue weighted by Gasteiger charge is 2.26. The van der Waals surface area contributed by atoms with Crippen molar-refractivity contribution in [3.63, 3.8) is 0 Å². The van der Waals surface area contributed by atoms with Crippen molar-refractivity contribution in [2.75, 3.05) is 26.4 Å². The van der Waals surface area contributed by atoms with Crippen LogP contribution in [0.25, 0.3) is 0 Å². The number of esters is 2. The Kier molecular flexibility index (Phi) is 38.1. The molecule has 0 aliphatic rings. The van der Waals surface area contributed by atoms with Crippen molar-refractivity contribution in [2.24, 2.45) is 5.73 Å². The number of hydrogen-bond donors (Lipinski definition) is 2. The molecule has 0 bridgehead atoms. The molecule has 0 rings (SSSR count). The molecule has 9 nitrogen and oxygen atoms in total. The number of allylic oxidation sites excluding steroid dienone is 4. The maximum Gasteiger partial charge on any atom is 0.472 e. The lowest BCUT2D eigenvalue weighted by atomic mass is 10.1. The van der Waals surface area contributed by atoms with Crippen LogP contribution in [-0.2, 0) is 32.7 Å². The van der Waals surface area contributed by atoms with E-state index in [1.807, 2.05) is 0 Å². The average molecular weight is 758 g/mol. The highest BCUT2D eigenvalue weighted by molar-refractivity contribution is 7.47. The van der Waals surface area contributed by atoms with E-state index >= 15 is 0 Å². The summed E-state index contributed by atoms with van der Waals surface area (Å²) in [5.74, 6) is -0.840. The molecule has 2 unspecified atom stereocenters. The third-order valence-electron chi connectivity index (χ3n) is 9.06. The first-order chi connectivity index (χ1) is 25.3. The predicted octanol–water partition coefficient (Wildman–Crippen LogP) is 12.0. The fraction of sp³-hybridized carbons (Fsp3) is 0.857. The Morgan fingerprint density at radius 1 is 0.558 bits per heavy atom. The minimum absolute atomic E-state index is 0.0525. The topological polar surface area (TPSA) is 134 Å². The highest BCUT2D eigenvalue weighted by atomic mass is 31.2. The normalized spacial score (nSPS) is 13.5. The van der Waals surface area contributed by atoms with Gasteiger partial charge in [-0.05, 0) is 64.2 Å². The molecular weight excluding hydrogens is 677 g/mol. The van der Waals surface area contributed by atoms with Crippen molar-refractivity contribution >= 4 is 19.8 Å². The number of phosphoric acid groups is 1. The summed E-state index contributed by atoms with van der Waals surface area (Å²) in [7, 11) is -4.37. The lowest BCUT2D eigenvalue weighted by Gasteiger charge is -2.19. The maximum atomic E-state index is 12.6. The van der Waals surface area contributed by atoms with Crippen molar-refractivity contribution < 1.29 is 37.6 Å². The van der Waals surface area contributed by atoms with Crippen molar-refractivity contribution in [1.82, 2.24) is 0 Å². The van der Waals surface area contributed by atoms with Gasteiger partial charge in [0.15, 0.2) is 6.10 Å². The van der Waals surface area contributed by atoms with Crippen LogP contribution in [0, 0.1) is 0 Å². The molecule has 0 heterocycles. The number of carbonyl (C=O) groups is 2. The van der Waals surface area contributed by atoms with Crippen LogP contribution in [0.1, 0.15) is 200 Å². The van der Waals surface area contributed by atoms with E-state index in [1.54, 1.807) is 0 Å². The minimum Gasteiger partial charge on any atom is -0.462 e. The van der Waals surface area contributed by atoms with Gasteiger partial charge in [-0.2, -0.15) is 0 Å². The lowest BCUT2D eigenvalue weighted by molar-refractivity contribution is -0.161. The van der Waals surface area contributed by atoms with Crippen LogP contribution in [0.5, 0.6) is 0 Å². The molecular formula is C42H80NO8P. The van der Waals surface area contributed by atoms with E-state index in [0.717, 1.165) is 64.2 Å². The molecule has 52 heavy (non-hydrogen) atoms. The standard InChI is InChI=1S/C42H80NO8P/c1-3-5-7-9-11-13-15-17-18-19-20-21-23-25-27-29-31-33-35-42(45)51-40(39-50-52(46,47)49-37-36-43)38-48-41(44)34-32-30-28-26-24-22-16-14-12-10-8-6-4-2/h14,16,18-19,40H,3-13,15,17,20-39,43H2,1-2H3,(H,46,47)/b16-14-,19-18-. The molecule has 0 fully saturated rings. The van der Waals surface area contributed by atoms with Crippen molar-refractivity contribution in [3.05, 3.63) is 24.3 Å². The maximum absolute atomic E-state index is 12.6. The summed E-state index contributed by atoms with van der Waals surface area (Å²) in [6.07, 6.45) is 40.6.